The number of rotatable bonds is 4. The molecule has 0 saturated carbocycles. The molecule has 2 aromatic rings. The van der Waals surface area contributed by atoms with Crippen LogP contribution in [-0.4, -0.2) is 13.3 Å². The Labute approximate surface area is 105 Å². The van der Waals surface area contributed by atoms with E-state index >= 15 is 0 Å². The van der Waals surface area contributed by atoms with E-state index in [1.165, 1.54) is 12.1 Å². The van der Waals surface area contributed by atoms with Crippen molar-refractivity contribution in [1.82, 2.24) is 0 Å². The van der Waals surface area contributed by atoms with E-state index in [0.29, 0.717) is 24.1 Å². The average Bonchev–Trinajstić information content (AvgIpc) is 2.74. The molecule has 0 spiro atoms. The maximum absolute atomic E-state index is 13.3. The van der Waals surface area contributed by atoms with Gasteiger partial charge in [-0.15, -0.1) is 0 Å². The highest BCUT2D eigenvalue weighted by Gasteiger charge is 2.08. The van der Waals surface area contributed by atoms with Gasteiger partial charge >= 0.3 is 0 Å². The summed E-state index contributed by atoms with van der Waals surface area (Å²) in [6.45, 7) is 2.48. The molecule has 0 unspecified atom stereocenters. The monoisotopic (exact) mass is 247 g/mol. The van der Waals surface area contributed by atoms with Crippen molar-refractivity contribution in [2.45, 2.75) is 13.5 Å². The van der Waals surface area contributed by atoms with Crippen molar-refractivity contribution in [3.05, 3.63) is 53.2 Å². The van der Waals surface area contributed by atoms with Gasteiger partial charge in [-0.25, -0.2) is 4.39 Å². The molecule has 0 aliphatic rings. The first-order valence-corrected chi connectivity index (χ1v) is 5.60. The summed E-state index contributed by atoms with van der Waals surface area (Å²) in [6.07, 6.45) is 2.27. The van der Waals surface area contributed by atoms with Crippen molar-refractivity contribution in [3.63, 3.8) is 0 Å². The molecule has 0 atom stereocenters. The number of benzene rings is 1. The van der Waals surface area contributed by atoms with Crippen molar-refractivity contribution >= 4 is 12.0 Å². The minimum atomic E-state index is -0.412. The summed E-state index contributed by atoms with van der Waals surface area (Å²) in [7, 11) is 1.84. The maximum atomic E-state index is 13.3. The van der Waals surface area contributed by atoms with Crippen LogP contribution in [-0.2, 0) is 6.54 Å². The normalized spacial score (nSPS) is 10.4. The summed E-state index contributed by atoms with van der Waals surface area (Å²) in [5.41, 5.74) is 2.04. The number of halogens is 1. The van der Waals surface area contributed by atoms with Crippen molar-refractivity contribution in [2.75, 3.05) is 11.9 Å². The van der Waals surface area contributed by atoms with Gasteiger partial charge in [0.25, 0.3) is 0 Å². The van der Waals surface area contributed by atoms with Gasteiger partial charge < -0.3 is 9.32 Å². The lowest BCUT2D eigenvalue weighted by molar-refractivity contribution is 0.112. The minimum Gasteiger partial charge on any atom is -0.469 e. The number of furan rings is 1. The van der Waals surface area contributed by atoms with E-state index in [-0.39, 0.29) is 0 Å². The van der Waals surface area contributed by atoms with Crippen LogP contribution in [0.4, 0.5) is 10.1 Å². The van der Waals surface area contributed by atoms with E-state index in [1.807, 2.05) is 24.9 Å². The number of aldehydes is 1. The van der Waals surface area contributed by atoms with Crippen molar-refractivity contribution in [1.29, 1.82) is 0 Å². The standard InChI is InChI=1S/C14H14FNO2/c1-10-12(3-4-18-10)8-16(2)14-6-11(9-17)5-13(15)7-14/h3-7,9H,8H2,1-2H3. The Hall–Kier alpha value is -2.10. The highest BCUT2D eigenvalue weighted by atomic mass is 19.1. The van der Waals surface area contributed by atoms with Crippen LogP contribution in [0.3, 0.4) is 0 Å². The van der Waals surface area contributed by atoms with E-state index in [0.717, 1.165) is 11.3 Å². The van der Waals surface area contributed by atoms with Gasteiger partial charge in [0.2, 0.25) is 0 Å². The van der Waals surface area contributed by atoms with Crippen LogP contribution >= 0.6 is 0 Å². The topological polar surface area (TPSA) is 33.5 Å². The smallest absolute Gasteiger partial charge is 0.150 e. The average molecular weight is 247 g/mol. The van der Waals surface area contributed by atoms with Gasteiger partial charge in [0.1, 0.15) is 17.9 Å². The zero-order valence-corrected chi connectivity index (χ0v) is 10.3. The number of anilines is 1. The molecule has 0 aliphatic carbocycles. The molecule has 4 heteroatoms. The summed E-state index contributed by atoms with van der Waals surface area (Å²) in [5.74, 6) is 0.430. The van der Waals surface area contributed by atoms with Gasteiger partial charge in [-0.1, -0.05) is 0 Å². The molecule has 18 heavy (non-hydrogen) atoms. The van der Waals surface area contributed by atoms with Crippen molar-refractivity contribution in [2.24, 2.45) is 0 Å². The molecule has 0 bridgehead atoms. The van der Waals surface area contributed by atoms with Gasteiger partial charge in [0, 0.05) is 30.4 Å². The fourth-order valence-corrected chi connectivity index (χ4v) is 1.81. The molecule has 3 nitrogen and oxygen atoms in total. The van der Waals surface area contributed by atoms with E-state index in [9.17, 15) is 9.18 Å². The van der Waals surface area contributed by atoms with Crippen LogP contribution in [0, 0.1) is 12.7 Å². The van der Waals surface area contributed by atoms with Gasteiger partial charge in [-0.3, -0.25) is 4.79 Å². The van der Waals surface area contributed by atoms with Gasteiger partial charge in [-0.05, 0) is 31.2 Å². The molecule has 0 saturated heterocycles. The molecule has 1 aromatic carbocycles. The number of aryl methyl sites for hydroxylation is 1. The maximum Gasteiger partial charge on any atom is 0.150 e. The molecule has 2 rings (SSSR count). The minimum absolute atomic E-state index is 0.334. The highest BCUT2D eigenvalue weighted by Crippen LogP contribution is 2.20. The largest absolute Gasteiger partial charge is 0.469 e. The van der Waals surface area contributed by atoms with Crippen LogP contribution in [0.25, 0.3) is 0 Å². The van der Waals surface area contributed by atoms with Crippen molar-refractivity contribution < 1.29 is 13.6 Å². The first-order chi connectivity index (χ1) is 8.60. The molecule has 1 aromatic heterocycles. The Balaban J connectivity index is 2.23. The Morgan fingerprint density at radius 2 is 2.17 bits per heavy atom. The number of carbonyl (C=O) groups excluding carboxylic acids is 1. The molecular formula is C14H14FNO2. The van der Waals surface area contributed by atoms with Crippen LogP contribution in [0.15, 0.2) is 34.9 Å². The summed E-state index contributed by atoms with van der Waals surface area (Å²) >= 11 is 0. The lowest BCUT2D eigenvalue weighted by Gasteiger charge is -2.19. The lowest BCUT2D eigenvalue weighted by atomic mass is 10.2. The number of hydrogen-bond donors (Lipinski definition) is 0. The summed E-state index contributed by atoms with van der Waals surface area (Å²) in [4.78, 5) is 12.6. The Morgan fingerprint density at radius 1 is 1.39 bits per heavy atom. The fraction of sp³-hybridized carbons (Fsp3) is 0.214. The second-order valence-electron chi connectivity index (χ2n) is 4.22. The third-order valence-corrected chi connectivity index (χ3v) is 2.86. The van der Waals surface area contributed by atoms with E-state index < -0.39 is 5.82 Å². The summed E-state index contributed by atoms with van der Waals surface area (Å²) in [6, 6.07) is 6.16. The Bertz CT molecular complexity index is 563. The molecule has 94 valence electrons. The van der Waals surface area contributed by atoms with Crippen molar-refractivity contribution in [3.8, 4) is 0 Å². The second kappa shape index (κ2) is 5.04. The zero-order chi connectivity index (χ0) is 13.1. The second-order valence-corrected chi connectivity index (χ2v) is 4.22. The molecule has 0 amide bonds. The Morgan fingerprint density at radius 3 is 2.78 bits per heavy atom. The van der Waals surface area contributed by atoms with E-state index in [1.54, 1.807) is 12.3 Å². The Kier molecular flexibility index (Phi) is 3.46. The molecule has 0 aliphatic heterocycles. The van der Waals surface area contributed by atoms with Crippen LogP contribution < -0.4 is 4.90 Å². The predicted molar refractivity (Wildman–Crippen MR) is 67.3 cm³/mol. The predicted octanol–water partition coefficient (Wildman–Crippen LogP) is 3.18. The number of carbonyl (C=O) groups is 1. The third-order valence-electron chi connectivity index (χ3n) is 2.86. The van der Waals surface area contributed by atoms with Gasteiger partial charge in [0.15, 0.2) is 0 Å². The SMILES string of the molecule is Cc1occc1CN(C)c1cc(F)cc(C=O)c1. The number of hydrogen-bond acceptors (Lipinski definition) is 3. The molecular weight excluding hydrogens is 233 g/mol. The zero-order valence-electron chi connectivity index (χ0n) is 10.3. The first-order valence-electron chi connectivity index (χ1n) is 5.60. The summed E-state index contributed by atoms with van der Waals surface area (Å²) < 4.78 is 18.5. The van der Waals surface area contributed by atoms with Crippen LogP contribution in [0.5, 0.6) is 0 Å². The highest BCUT2D eigenvalue weighted by molar-refractivity contribution is 5.77. The van der Waals surface area contributed by atoms with Crippen LogP contribution in [0.2, 0.25) is 0 Å². The molecule has 0 N–H and O–H groups in total. The molecule has 0 radical (unpaired) electrons. The molecule has 1 heterocycles. The summed E-state index contributed by atoms with van der Waals surface area (Å²) in [5, 5.41) is 0. The van der Waals surface area contributed by atoms with E-state index in [4.69, 9.17) is 4.42 Å². The fourth-order valence-electron chi connectivity index (χ4n) is 1.81. The third kappa shape index (κ3) is 2.59. The quantitative estimate of drug-likeness (QED) is 0.778. The van der Waals surface area contributed by atoms with Gasteiger partial charge in [-0.2, -0.15) is 0 Å². The molecule has 0 fully saturated rings. The first kappa shape index (κ1) is 12.4. The van der Waals surface area contributed by atoms with E-state index in [2.05, 4.69) is 0 Å². The van der Waals surface area contributed by atoms with Gasteiger partial charge in [0.05, 0.1) is 6.26 Å². The lowest BCUT2D eigenvalue weighted by Crippen LogP contribution is -2.16. The number of nitrogens with zero attached hydrogens (tertiary/aromatic N) is 1. The van der Waals surface area contributed by atoms with Crippen LogP contribution in [0.1, 0.15) is 21.7 Å².